The average molecular weight is 335 g/mol. The second-order valence-electron chi connectivity index (χ2n) is 6.55. The fourth-order valence-corrected chi connectivity index (χ4v) is 3.31. The van der Waals surface area contributed by atoms with Gasteiger partial charge in [-0.2, -0.15) is 0 Å². The number of hydrogen-bond donors (Lipinski definition) is 2. The standard InChI is InChI=1S/C19H21N5O/c1-13-5-4-8-17(21-13)20-11-14-9-10-24(12-14)19-22-16-7-3-2-6-15(16)18(25)23-19/h2-8,14H,9-12H2,1H3,(H,20,21)(H,22,23,25). The molecule has 0 aliphatic carbocycles. The molecule has 0 spiro atoms. The monoisotopic (exact) mass is 335 g/mol. The Kier molecular flexibility index (Phi) is 4.09. The fraction of sp³-hybridized carbons (Fsp3) is 0.316. The fourth-order valence-electron chi connectivity index (χ4n) is 3.31. The molecule has 1 atom stereocenters. The van der Waals surface area contributed by atoms with Gasteiger partial charge in [-0.1, -0.05) is 18.2 Å². The van der Waals surface area contributed by atoms with Crippen LogP contribution in [0.2, 0.25) is 0 Å². The third kappa shape index (κ3) is 3.33. The Morgan fingerprint density at radius 2 is 2.08 bits per heavy atom. The summed E-state index contributed by atoms with van der Waals surface area (Å²) < 4.78 is 0. The van der Waals surface area contributed by atoms with Gasteiger partial charge in [0.25, 0.3) is 5.56 Å². The van der Waals surface area contributed by atoms with E-state index in [1.807, 2.05) is 43.3 Å². The topological polar surface area (TPSA) is 73.9 Å². The Balaban J connectivity index is 1.44. The van der Waals surface area contributed by atoms with Gasteiger partial charge in [0.15, 0.2) is 0 Å². The number of rotatable bonds is 4. The van der Waals surface area contributed by atoms with Crippen molar-refractivity contribution >= 4 is 22.7 Å². The summed E-state index contributed by atoms with van der Waals surface area (Å²) in [5.41, 5.74) is 1.67. The number of nitrogens with one attached hydrogen (secondary N) is 2. The van der Waals surface area contributed by atoms with E-state index in [1.165, 1.54) is 0 Å². The van der Waals surface area contributed by atoms with Crippen LogP contribution in [-0.4, -0.2) is 34.6 Å². The highest BCUT2D eigenvalue weighted by Gasteiger charge is 2.24. The van der Waals surface area contributed by atoms with E-state index in [9.17, 15) is 4.79 Å². The van der Waals surface area contributed by atoms with Gasteiger partial charge in [0, 0.05) is 25.3 Å². The molecule has 0 saturated carbocycles. The Labute approximate surface area is 145 Å². The molecule has 1 aliphatic rings. The van der Waals surface area contributed by atoms with Crippen molar-refractivity contribution in [1.29, 1.82) is 0 Å². The molecule has 3 heterocycles. The summed E-state index contributed by atoms with van der Waals surface area (Å²) in [4.78, 5) is 26.4. The van der Waals surface area contributed by atoms with Crippen LogP contribution in [0.3, 0.4) is 0 Å². The predicted molar refractivity (Wildman–Crippen MR) is 100 cm³/mol. The number of benzene rings is 1. The molecule has 1 fully saturated rings. The molecule has 1 aromatic carbocycles. The normalized spacial score (nSPS) is 17.2. The van der Waals surface area contributed by atoms with Crippen molar-refractivity contribution in [2.45, 2.75) is 13.3 Å². The first kappa shape index (κ1) is 15.6. The zero-order chi connectivity index (χ0) is 17.2. The van der Waals surface area contributed by atoms with Gasteiger partial charge in [-0.25, -0.2) is 9.97 Å². The minimum absolute atomic E-state index is 0.0777. The zero-order valence-corrected chi connectivity index (χ0v) is 14.2. The lowest BCUT2D eigenvalue weighted by Gasteiger charge is -2.17. The van der Waals surface area contributed by atoms with Crippen LogP contribution in [0.4, 0.5) is 11.8 Å². The lowest BCUT2D eigenvalue weighted by molar-refractivity contribution is 0.620. The first-order chi connectivity index (χ1) is 12.2. The number of pyridine rings is 1. The van der Waals surface area contributed by atoms with E-state index in [-0.39, 0.29) is 5.56 Å². The van der Waals surface area contributed by atoms with Crippen molar-refractivity contribution < 1.29 is 0 Å². The summed E-state index contributed by atoms with van der Waals surface area (Å²) in [5.74, 6) is 2.08. The summed E-state index contributed by atoms with van der Waals surface area (Å²) in [7, 11) is 0. The molecule has 25 heavy (non-hydrogen) atoms. The summed E-state index contributed by atoms with van der Waals surface area (Å²) >= 11 is 0. The van der Waals surface area contributed by atoms with Gasteiger partial charge in [0.2, 0.25) is 5.95 Å². The van der Waals surface area contributed by atoms with Crippen molar-refractivity contribution in [3.8, 4) is 0 Å². The van der Waals surface area contributed by atoms with Gasteiger partial charge in [0.1, 0.15) is 5.82 Å². The lowest BCUT2D eigenvalue weighted by atomic mass is 10.1. The number of fused-ring (bicyclic) bond motifs is 1. The van der Waals surface area contributed by atoms with Crippen molar-refractivity contribution in [2.24, 2.45) is 5.92 Å². The molecule has 1 unspecified atom stereocenters. The van der Waals surface area contributed by atoms with Crippen LogP contribution in [0, 0.1) is 12.8 Å². The molecule has 0 radical (unpaired) electrons. The minimum Gasteiger partial charge on any atom is -0.370 e. The van der Waals surface area contributed by atoms with Crippen LogP contribution in [0.25, 0.3) is 10.9 Å². The summed E-state index contributed by atoms with van der Waals surface area (Å²) in [6.45, 7) is 4.63. The van der Waals surface area contributed by atoms with E-state index in [2.05, 4.69) is 25.2 Å². The van der Waals surface area contributed by atoms with E-state index in [1.54, 1.807) is 6.07 Å². The average Bonchev–Trinajstić information content (AvgIpc) is 3.09. The molecule has 0 bridgehead atoms. The first-order valence-corrected chi connectivity index (χ1v) is 8.60. The van der Waals surface area contributed by atoms with Gasteiger partial charge in [-0.05, 0) is 43.5 Å². The van der Waals surface area contributed by atoms with Gasteiger partial charge < -0.3 is 10.2 Å². The van der Waals surface area contributed by atoms with E-state index < -0.39 is 0 Å². The molecular weight excluding hydrogens is 314 g/mol. The van der Waals surface area contributed by atoms with Crippen LogP contribution in [0.1, 0.15) is 12.1 Å². The zero-order valence-electron chi connectivity index (χ0n) is 14.2. The maximum absolute atomic E-state index is 12.2. The molecule has 1 saturated heterocycles. The van der Waals surface area contributed by atoms with Crippen LogP contribution >= 0.6 is 0 Å². The van der Waals surface area contributed by atoms with Crippen LogP contribution < -0.4 is 15.8 Å². The van der Waals surface area contributed by atoms with E-state index >= 15 is 0 Å². The summed E-state index contributed by atoms with van der Waals surface area (Å²) in [6, 6.07) is 13.4. The predicted octanol–water partition coefficient (Wildman–Crippen LogP) is 2.56. The molecule has 3 aromatic rings. The quantitative estimate of drug-likeness (QED) is 0.766. The number of hydrogen-bond acceptors (Lipinski definition) is 5. The van der Waals surface area contributed by atoms with E-state index in [0.717, 1.165) is 43.1 Å². The number of aryl methyl sites for hydroxylation is 1. The Morgan fingerprint density at radius 1 is 1.20 bits per heavy atom. The molecule has 4 rings (SSSR count). The smallest absolute Gasteiger partial charge is 0.260 e. The molecule has 2 N–H and O–H groups in total. The number of anilines is 2. The Bertz CT molecular complexity index is 952. The van der Waals surface area contributed by atoms with Gasteiger partial charge in [0.05, 0.1) is 10.9 Å². The summed E-state index contributed by atoms with van der Waals surface area (Å²) in [6.07, 6.45) is 1.06. The van der Waals surface area contributed by atoms with Crippen LogP contribution in [-0.2, 0) is 0 Å². The number of para-hydroxylation sites is 1. The molecule has 6 heteroatoms. The van der Waals surface area contributed by atoms with E-state index in [0.29, 0.717) is 17.3 Å². The van der Waals surface area contributed by atoms with Crippen molar-refractivity contribution in [3.63, 3.8) is 0 Å². The number of nitrogens with zero attached hydrogens (tertiary/aromatic N) is 3. The van der Waals surface area contributed by atoms with Gasteiger partial charge in [-0.15, -0.1) is 0 Å². The maximum Gasteiger partial charge on any atom is 0.260 e. The molecule has 1 aliphatic heterocycles. The second kappa shape index (κ2) is 6.55. The maximum atomic E-state index is 12.2. The van der Waals surface area contributed by atoms with Crippen molar-refractivity contribution in [3.05, 3.63) is 58.5 Å². The number of aromatic nitrogens is 3. The lowest BCUT2D eigenvalue weighted by Crippen LogP contribution is -2.26. The Hall–Kier alpha value is -2.89. The van der Waals surface area contributed by atoms with E-state index in [4.69, 9.17) is 0 Å². The highest BCUT2D eigenvalue weighted by molar-refractivity contribution is 5.78. The Morgan fingerprint density at radius 3 is 2.96 bits per heavy atom. The molecule has 6 nitrogen and oxygen atoms in total. The molecular formula is C19H21N5O. The van der Waals surface area contributed by atoms with Crippen LogP contribution in [0.15, 0.2) is 47.3 Å². The van der Waals surface area contributed by atoms with Crippen LogP contribution in [0.5, 0.6) is 0 Å². The molecule has 0 amide bonds. The number of H-pyrrole nitrogens is 1. The third-order valence-electron chi connectivity index (χ3n) is 4.65. The minimum atomic E-state index is -0.0777. The van der Waals surface area contributed by atoms with Gasteiger partial charge in [-0.3, -0.25) is 9.78 Å². The third-order valence-corrected chi connectivity index (χ3v) is 4.65. The summed E-state index contributed by atoms with van der Waals surface area (Å²) in [5, 5.41) is 4.04. The highest BCUT2D eigenvalue weighted by Crippen LogP contribution is 2.21. The highest BCUT2D eigenvalue weighted by atomic mass is 16.1. The first-order valence-electron chi connectivity index (χ1n) is 8.60. The van der Waals surface area contributed by atoms with Crippen molar-refractivity contribution in [2.75, 3.05) is 29.9 Å². The molecule has 2 aromatic heterocycles. The molecule has 128 valence electrons. The SMILES string of the molecule is Cc1cccc(NCC2CCN(c3nc4ccccc4c(=O)[nH]3)C2)n1. The van der Waals surface area contributed by atoms with Crippen molar-refractivity contribution in [1.82, 2.24) is 15.0 Å². The second-order valence-corrected chi connectivity index (χ2v) is 6.55. The largest absolute Gasteiger partial charge is 0.370 e. The number of aromatic amines is 1. The van der Waals surface area contributed by atoms with Gasteiger partial charge >= 0.3 is 0 Å².